The number of ether oxygens (including phenoxy) is 1. The van der Waals surface area contributed by atoms with Gasteiger partial charge < -0.3 is 10.1 Å². The van der Waals surface area contributed by atoms with Gasteiger partial charge in [0.05, 0.1) is 0 Å². The van der Waals surface area contributed by atoms with Crippen molar-refractivity contribution in [3.05, 3.63) is 64.7 Å². The molecular formula is C19H23Cl2NO. The van der Waals surface area contributed by atoms with Gasteiger partial charge in [0, 0.05) is 17.6 Å². The van der Waals surface area contributed by atoms with Crippen molar-refractivity contribution in [1.82, 2.24) is 5.32 Å². The van der Waals surface area contributed by atoms with Crippen molar-refractivity contribution in [2.24, 2.45) is 0 Å². The number of rotatable bonds is 6. The second kappa shape index (κ2) is 9.17. The third-order valence-electron chi connectivity index (χ3n) is 4.19. The Morgan fingerprint density at radius 2 is 1.52 bits per heavy atom. The highest BCUT2D eigenvalue weighted by Gasteiger charge is 2.13. The molecule has 124 valence electrons. The molecule has 0 bridgehead atoms. The van der Waals surface area contributed by atoms with Gasteiger partial charge in [-0.15, -0.1) is 12.4 Å². The Bertz CT molecular complexity index is 577. The zero-order valence-corrected chi connectivity index (χ0v) is 14.7. The highest BCUT2D eigenvalue weighted by atomic mass is 35.5. The average Bonchev–Trinajstić information content (AvgIpc) is 3.07. The van der Waals surface area contributed by atoms with Crippen LogP contribution >= 0.6 is 24.0 Å². The second-order valence-electron chi connectivity index (χ2n) is 5.92. The van der Waals surface area contributed by atoms with E-state index in [0.717, 1.165) is 22.9 Å². The van der Waals surface area contributed by atoms with Gasteiger partial charge in [-0.3, -0.25) is 0 Å². The van der Waals surface area contributed by atoms with Crippen LogP contribution in [0.2, 0.25) is 5.02 Å². The molecule has 1 aliphatic carbocycles. The molecule has 1 N–H and O–H groups in total. The molecular weight excluding hydrogens is 329 g/mol. The molecule has 0 spiro atoms. The first kappa shape index (κ1) is 18.1. The minimum Gasteiger partial charge on any atom is -0.489 e. The van der Waals surface area contributed by atoms with Crippen LogP contribution in [0.4, 0.5) is 0 Å². The SMILES string of the molecule is Cl.Clc1ccc(COc2ccc(CNC3CCCC3)cc2)cc1. The molecule has 0 aliphatic heterocycles. The van der Waals surface area contributed by atoms with Gasteiger partial charge in [0.25, 0.3) is 0 Å². The van der Waals surface area contributed by atoms with Gasteiger partial charge in [-0.05, 0) is 48.2 Å². The summed E-state index contributed by atoms with van der Waals surface area (Å²) in [7, 11) is 0. The maximum Gasteiger partial charge on any atom is 0.119 e. The number of nitrogens with one attached hydrogen (secondary N) is 1. The van der Waals surface area contributed by atoms with Gasteiger partial charge in [-0.2, -0.15) is 0 Å². The number of hydrogen-bond donors (Lipinski definition) is 1. The van der Waals surface area contributed by atoms with Crippen molar-refractivity contribution in [3.8, 4) is 5.75 Å². The summed E-state index contributed by atoms with van der Waals surface area (Å²) in [5, 5.41) is 4.38. The molecule has 0 radical (unpaired) electrons. The van der Waals surface area contributed by atoms with E-state index in [2.05, 4.69) is 17.4 Å². The number of hydrogen-bond acceptors (Lipinski definition) is 2. The quantitative estimate of drug-likeness (QED) is 0.754. The Kier molecular flexibility index (Phi) is 7.22. The molecule has 3 rings (SSSR count). The first-order chi connectivity index (χ1) is 10.8. The highest BCUT2D eigenvalue weighted by molar-refractivity contribution is 6.30. The molecule has 2 aromatic rings. The van der Waals surface area contributed by atoms with Crippen LogP contribution in [-0.2, 0) is 13.2 Å². The van der Waals surface area contributed by atoms with Crippen molar-refractivity contribution >= 4 is 24.0 Å². The third kappa shape index (κ3) is 5.72. The maximum absolute atomic E-state index is 5.88. The lowest BCUT2D eigenvalue weighted by atomic mass is 10.2. The molecule has 2 nitrogen and oxygen atoms in total. The van der Waals surface area contributed by atoms with E-state index in [1.165, 1.54) is 31.2 Å². The molecule has 0 unspecified atom stereocenters. The molecule has 0 heterocycles. The summed E-state index contributed by atoms with van der Waals surface area (Å²) in [6.45, 7) is 1.51. The normalized spacial score (nSPS) is 14.5. The van der Waals surface area contributed by atoms with E-state index in [1.54, 1.807) is 0 Å². The Balaban J connectivity index is 0.00000192. The smallest absolute Gasteiger partial charge is 0.119 e. The van der Waals surface area contributed by atoms with Crippen LogP contribution in [0, 0.1) is 0 Å². The fourth-order valence-corrected chi connectivity index (χ4v) is 2.97. The van der Waals surface area contributed by atoms with Crippen molar-refractivity contribution in [2.75, 3.05) is 0 Å². The lowest BCUT2D eigenvalue weighted by molar-refractivity contribution is 0.306. The predicted molar refractivity (Wildman–Crippen MR) is 98.6 cm³/mol. The van der Waals surface area contributed by atoms with Crippen LogP contribution in [0.25, 0.3) is 0 Å². The summed E-state index contributed by atoms with van der Waals surface area (Å²) in [5.41, 5.74) is 2.43. The molecule has 4 heteroatoms. The lowest BCUT2D eigenvalue weighted by Gasteiger charge is -2.12. The molecule has 0 aromatic heterocycles. The van der Waals surface area contributed by atoms with E-state index in [9.17, 15) is 0 Å². The fraction of sp³-hybridized carbons (Fsp3) is 0.368. The number of halogens is 2. The minimum atomic E-state index is 0. The predicted octanol–water partition coefficient (Wildman–Crippen LogP) is 5.37. The number of benzene rings is 2. The van der Waals surface area contributed by atoms with Crippen molar-refractivity contribution in [1.29, 1.82) is 0 Å². The van der Waals surface area contributed by atoms with E-state index >= 15 is 0 Å². The van der Waals surface area contributed by atoms with Gasteiger partial charge in [0.1, 0.15) is 12.4 Å². The fourth-order valence-electron chi connectivity index (χ4n) is 2.84. The molecule has 23 heavy (non-hydrogen) atoms. The Labute approximate surface area is 149 Å². The standard InChI is InChI=1S/C19H22ClNO.ClH/c20-17-9-5-16(6-10-17)14-22-19-11-7-15(8-12-19)13-21-18-3-1-2-4-18;/h5-12,18,21H,1-4,13-14H2;1H. The Hall–Kier alpha value is -1.22. The summed E-state index contributed by atoms with van der Waals surface area (Å²) >= 11 is 5.88. The first-order valence-electron chi connectivity index (χ1n) is 7.99. The van der Waals surface area contributed by atoms with Crippen molar-refractivity contribution in [3.63, 3.8) is 0 Å². The summed E-state index contributed by atoms with van der Waals surface area (Å²) < 4.78 is 5.80. The van der Waals surface area contributed by atoms with E-state index in [4.69, 9.17) is 16.3 Å². The second-order valence-corrected chi connectivity index (χ2v) is 6.36. The molecule has 0 saturated heterocycles. The average molecular weight is 352 g/mol. The van der Waals surface area contributed by atoms with Gasteiger partial charge in [0.15, 0.2) is 0 Å². The molecule has 1 aliphatic rings. The molecule has 0 amide bonds. The van der Waals surface area contributed by atoms with Gasteiger partial charge in [0.2, 0.25) is 0 Å². The third-order valence-corrected chi connectivity index (χ3v) is 4.44. The maximum atomic E-state index is 5.88. The first-order valence-corrected chi connectivity index (χ1v) is 8.37. The molecule has 1 saturated carbocycles. The summed E-state index contributed by atoms with van der Waals surface area (Å²) in [4.78, 5) is 0. The van der Waals surface area contributed by atoms with Crippen molar-refractivity contribution < 1.29 is 4.74 Å². The van der Waals surface area contributed by atoms with Crippen LogP contribution in [0.5, 0.6) is 5.75 Å². The van der Waals surface area contributed by atoms with Crippen LogP contribution in [-0.4, -0.2) is 6.04 Å². The lowest BCUT2D eigenvalue weighted by Crippen LogP contribution is -2.25. The van der Waals surface area contributed by atoms with E-state index < -0.39 is 0 Å². The van der Waals surface area contributed by atoms with Crippen LogP contribution in [0.3, 0.4) is 0 Å². The molecule has 1 fully saturated rings. The van der Waals surface area contributed by atoms with Crippen LogP contribution in [0.1, 0.15) is 36.8 Å². The van der Waals surface area contributed by atoms with E-state index in [-0.39, 0.29) is 12.4 Å². The van der Waals surface area contributed by atoms with Gasteiger partial charge in [-0.25, -0.2) is 0 Å². The zero-order chi connectivity index (χ0) is 15.2. The van der Waals surface area contributed by atoms with Crippen LogP contribution < -0.4 is 10.1 Å². The molecule has 2 aromatic carbocycles. The molecule has 0 atom stereocenters. The van der Waals surface area contributed by atoms with Gasteiger partial charge in [-0.1, -0.05) is 48.7 Å². The van der Waals surface area contributed by atoms with E-state index in [1.807, 2.05) is 36.4 Å². The minimum absolute atomic E-state index is 0. The highest BCUT2D eigenvalue weighted by Crippen LogP contribution is 2.19. The van der Waals surface area contributed by atoms with Gasteiger partial charge >= 0.3 is 0 Å². The largest absolute Gasteiger partial charge is 0.489 e. The Morgan fingerprint density at radius 1 is 0.913 bits per heavy atom. The topological polar surface area (TPSA) is 21.3 Å². The summed E-state index contributed by atoms with van der Waals surface area (Å²) in [6, 6.07) is 16.8. The summed E-state index contributed by atoms with van der Waals surface area (Å²) in [5.74, 6) is 0.902. The Morgan fingerprint density at radius 3 is 2.17 bits per heavy atom. The van der Waals surface area contributed by atoms with Crippen molar-refractivity contribution in [2.45, 2.75) is 44.9 Å². The zero-order valence-electron chi connectivity index (χ0n) is 13.1. The van der Waals surface area contributed by atoms with E-state index in [0.29, 0.717) is 12.6 Å². The monoisotopic (exact) mass is 351 g/mol. The summed E-state index contributed by atoms with van der Waals surface area (Å²) in [6.07, 6.45) is 5.38. The van der Waals surface area contributed by atoms with Crippen LogP contribution in [0.15, 0.2) is 48.5 Å².